The molecule has 13 rings (SSSR count). The normalized spacial score (nSPS) is 12.8. The molecule has 10 aromatic carbocycles. The molecule has 1 spiro atoms. The number of fused-ring (bicyclic) bond motifs is 10. The first-order chi connectivity index (χ1) is 32.7. The molecule has 0 N–H and O–H groups in total. The van der Waals surface area contributed by atoms with E-state index in [9.17, 15) is 0 Å². The third kappa shape index (κ3) is 6.05. The summed E-state index contributed by atoms with van der Waals surface area (Å²) in [5.74, 6) is 2.48. The second-order valence-electron chi connectivity index (χ2n) is 17.2. The van der Waals surface area contributed by atoms with Crippen molar-refractivity contribution in [1.29, 1.82) is 0 Å². The first-order valence-electron chi connectivity index (χ1n) is 22.5. The van der Waals surface area contributed by atoms with E-state index in [1.807, 2.05) is 24.3 Å². The van der Waals surface area contributed by atoms with Gasteiger partial charge in [0.1, 0.15) is 11.5 Å². The summed E-state index contributed by atoms with van der Waals surface area (Å²) in [4.78, 5) is 10.3. The zero-order chi connectivity index (χ0) is 43.6. The third-order valence-electron chi connectivity index (χ3n) is 13.6. The smallest absolute Gasteiger partial charge is 0.160 e. The van der Waals surface area contributed by atoms with Crippen molar-refractivity contribution in [2.45, 2.75) is 5.41 Å². The monoisotopic (exact) mass is 840 g/mol. The third-order valence-corrected chi connectivity index (χ3v) is 13.6. The number of aromatic nitrogens is 2. The van der Waals surface area contributed by atoms with Gasteiger partial charge in [-0.2, -0.15) is 0 Å². The summed E-state index contributed by atoms with van der Waals surface area (Å²) in [6.07, 6.45) is 0. The van der Waals surface area contributed by atoms with Crippen molar-refractivity contribution >= 4 is 10.8 Å². The Morgan fingerprint density at radius 1 is 0.273 bits per heavy atom. The molecule has 3 heteroatoms. The molecule has 0 saturated heterocycles. The van der Waals surface area contributed by atoms with E-state index in [4.69, 9.17) is 14.7 Å². The number of hydrogen-bond acceptors (Lipinski definition) is 3. The SMILES string of the molecule is c1ccc(-c2cc(-c3ccc(-c4ccccc4)c(-c4ccc(-c5ccc6c(c5)C5(c7cc8ccccc8cc7O6)c6ccccc6-c6ccccc65)cc4)c3)nc(-c3ccccc3)n2)cc1. The molecule has 0 amide bonds. The molecule has 2 heterocycles. The Morgan fingerprint density at radius 2 is 0.773 bits per heavy atom. The highest BCUT2D eigenvalue weighted by molar-refractivity contribution is 5.94. The molecule has 3 nitrogen and oxygen atoms in total. The van der Waals surface area contributed by atoms with E-state index in [1.165, 1.54) is 33.2 Å². The van der Waals surface area contributed by atoms with Crippen molar-refractivity contribution in [2.24, 2.45) is 0 Å². The van der Waals surface area contributed by atoms with Crippen LogP contribution in [0.15, 0.2) is 243 Å². The lowest BCUT2D eigenvalue weighted by Crippen LogP contribution is -2.32. The Balaban J connectivity index is 0.950. The van der Waals surface area contributed by atoms with E-state index in [0.29, 0.717) is 5.82 Å². The Bertz CT molecular complexity index is 3550. The second-order valence-corrected chi connectivity index (χ2v) is 17.2. The van der Waals surface area contributed by atoms with Crippen molar-refractivity contribution in [2.75, 3.05) is 0 Å². The molecule has 0 radical (unpaired) electrons. The highest BCUT2D eigenvalue weighted by Gasteiger charge is 2.51. The van der Waals surface area contributed by atoms with Gasteiger partial charge in [0.15, 0.2) is 5.82 Å². The highest BCUT2D eigenvalue weighted by Crippen LogP contribution is 2.62. The van der Waals surface area contributed by atoms with Gasteiger partial charge in [0.05, 0.1) is 16.8 Å². The average Bonchev–Trinajstić information content (AvgIpc) is 3.69. The Kier molecular flexibility index (Phi) is 8.75. The van der Waals surface area contributed by atoms with Crippen LogP contribution in [0.2, 0.25) is 0 Å². The summed E-state index contributed by atoms with van der Waals surface area (Å²) in [5, 5.41) is 2.36. The average molecular weight is 841 g/mol. The van der Waals surface area contributed by atoms with Gasteiger partial charge in [-0.15, -0.1) is 0 Å². The quantitative estimate of drug-likeness (QED) is 0.167. The lowest BCUT2D eigenvalue weighted by Gasteiger charge is -2.40. The summed E-state index contributed by atoms with van der Waals surface area (Å²) >= 11 is 0. The summed E-state index contributed by atoms with van der Waals surface area (Å²) in [7, 11) is 0. The van der Waals surface area contributed by atoms with Gasteiger partial charge in [-0.05, 0) is 103 Å². The van der Waals surface area contributed by atoms with Gasteiger partial charge < -0.3 is 4.74 Å². The van der Waals surface area contributed by atoms with Crippen molar-refractivity contribution in [3.05, 3.63) is 265 Å². The maximum Gasteiger partial charge on any atom is 0.160 e. The summed E-state index contributed by atoms with van der Waals surface area (Å²) in [5.41, 5.74) is 18.5. The number of ether oxygens (including phenoxy) is 1. The Morgan fingerprint density at radius 3 is 1.45 bits per heavy atom. The van der Waals surface area contributed by atoms with E-state index >= 15 is 0 Å². The maximum atomic E-state index is 6.93. The van der Waals surface area contributed by atoms with Crippen LogP contribution in [0.4, 0.5) is 0 Å². The minimum absolute atomic E-state index is 0.567. The lowest BCUT2D eigenvalue weighted by molar-refractivity contribution is 0.437. The minimum atomic E-state index is -0.567. The van der Waals surface area contributed by atoms with Crippen LogP contribution >= 0.6 is 0 Å². The van der Waals surface area contributed by atoms with Crippen LogP contribution in [0.5, 0.6) is 11.5 Å². The number of hydrogen-bond donors (Lipinski definition) is 0. The van der Waals surface area contributed by atoms with Crippen LogP contribution in [-0.4, -0.2) is 9.97 Å². The van der Waals surface area contributed by atoms with Gasteiger partial charge in [0.25, 0.3) is 0 Å². The van der Waals surface area contributed by atoms with Crippen LogP contribution in [-0.2, 0) is 5.41 Å². The molecule has 66 heavy (non-hydrogen) atoms. The lowest BCUT2D eigenvalue weighted by atomic mass is 9.65. The molecule has 0 atom stereocenters. The predicted octanol–water partition coefficient (Wildman–Crippen LogP) is 16.1. The van der Waals surface area contributed by atoms with Crippen LogP contribution in [0.3, 0.4) is 0 Å². The zero-order valence-electron chi connectivity index (χ0n) is 35.9. The van der Waals surface area contributed by atoms with E-state index in [-0.39, 0.29) is 0 Å². The van der Waals surface area contributed by atoms with Crippen LogP contribution < -0.4 is 4.74 Å². The fourth-order valence-electron chi connectivity index (χ4n) is 10.5. The number of benzene rings is 10. The minimum Gasteiger partial charge on any atom is -0.457 e. The largest absolute Gasteiger partial charge is 0.457 e. The summed E-state index contributed by atoms with van der Waals surface area (Å²) in [6, 6.07) is 86.9. The van der Waals surface area contributed by atoms with Gasteiger partial charge in [-0.25, -0.2) is 9.97 Å². The molecular formula is C63H40N2O. The van der Waals surface area contributed by atoms with E-state index in [0.717, 1.165) is 83.9 Å². The van der Waals surface area contributed by atoms with Crippen molar-refractivity contribution in [1.82, 2.24) is 9.97 Å². The maximum absolute atomic E-state index is 6.93. The van der Waals surface area contributed by atoms with Gasteiger partial charge in [-0.1, -0.05) is 206 Å². The first kappa shape index (κ1) is 37.9. The Labute approximate surface area is 384 Å². The standard InChI is InChI=1S/C63H40N2O/c1-4-16-42(17-5-1)50-34-32-49(59-40-58(44-18-6-2-7-19-44)64-62(65-59)45-20-8-3-9-21-45)36-53(50)43-30-28-41(29-31-43)48-33-35-60-56(38-48)63(57-37-46-22-10-11-23-47(46)39-61(57)66-60)54-26-14-12-24-51(54)52-25-13-15-27-55(52)63/h1-40H. The molecule has 1 aliphatic carbocycles. The van der Waals surface area contributed by atoms with E-state index in [2.05, 4.69) is 218 Å². The molecule has 1 aliphatic heterocycles. The van der Waals surface area contributed by atoms with Gasteiger partial charge in [0.2, 0.25) is 0 Å². The summed E-state index contributed by atoms with van der Waals surface area (Å²) in [6.45, 7) is 0. The zero-order valence-corrected chi connectivity index (χ0v) is 35.9. The molecular weight excluding hydrogens is 801 g/mol. The van der Waals surface area contributed by atoms with Crippen LogP contribution in [0.1, 0.15) is 22.3 Å². The highest BCUT2D eigenvalue weighted by atomic mass is 16.5. The fourth-order valence-corrected chi connectivity index (χ4v) is 10.5. The molecule has 0 unspecified atom stereocenters. The topological polar surface area (TPSA) is 35.0 Å². The fraction of sp³-hybridized carbons (Fsp3) is 0.0159. The van der Waals surface area contributed by atoms with Crippen molar-refractivity contribution in [3.63, 3.8) is 0 Å². The molecule has 0 bridgehead atoms. The predicted molar refractivity (Wildman–Crippen MR) is 270 cm³/mol. The number of rotatable bonds is 6. The van der Waals surface area contributed by atoms with E-state index < -0.39 is 5.41 Å². The molecule has 0 saturated carbocycles. The summed E-state index contributed by atoms with van der Waals surface area (Å²) < 4.78 is 6.93. The van der Waals surface area contributed by atoms with Crippen LogP contribution in [0.25, 0.3) is 89.2 Å². The second kappa shape index (κ2) is 15.3. The molecule has 11 aromatic rings. The van der Waals surface area contributed by atoms with E-state index in [1.54, 1.807) is 0 Å². The van der Waals surface area contributed by atoms with Crippen molar-refractivity contribution in [3.8, 4) is 89.9 Å². The van der Waals surface area contributed by atoms with Crippen LogP contribution in [0, 0.1) is 0 Å². The molecule has 0 fully saturated rings. The Hall–Kier alpha value is -8.66. The molecule has 308 valence electrons. The first-order valence-corrected chi connectivity index (χ1v) is 22.5. The van der Waals surface area contributed by atoms with Gasteiger partial charge in [-0.3, -0.25) is 0 Å². The van der Waals surface area contributed by atoms with Gasteiger partial charge >= 0.3 is 0 Å². The van der Waals surface area contributed by atoms with Gasteiger partial charge in [0, 0.05) is 27.8 Å². The van der Waals surface area contributed by atoms with Crippen molar-refractivity contribution < 1.29 is 4.74 Å². The molecule has 2 aliphatic rings. The molecule has 1 aromatic heterocycles. The number of nitrogens with zero attached hydrogens (tertiary/aromatic N) is 2.